The van der Waals surface area contributed by atoms with Crippen LogP contribution in [0.5, 0.6) is 0 Å². The third-order valence-electron chi connectivity index (χ3n) is 2.38. The van der Waals surface area contributed by atoms with Gasteiger partial charge in [-0.2, -0.15) is 0 Å². The van der Waals surface area contributed by atoms with E-state index in [4.69, 9.17) is 4.84 Å². The number of unbranched alkanes of at least 4 members (excludes halogenated alkanes) is 2. The molecule has 0 N–H and O–H groups in total. The van der Waals surface area contributed by atoms with Crippen molar-refractivity contribution < 1.29 is 9.63 Å². The maximum absolute atomic E-state index is 11.6. The summed E-state index contributed by atoms with van der Waals surface area (Å²) in [4.78, 5) is 16.7. The van der Waals surface area contributed by atoms with Crippen molar-refractivity contribution in [2.45, 2.75) is 39.5 Å². The normalized spacial score (nSPS) is 12.1. The monoisotopic (exact) mass is 251 g/mol. The van der Waals surface area contributed by atoms with Crippen molar-refractivity contribution in [2.75, 3.05) is 13.6 Å². The predicted octanol–water partition coefficient (Wildman–Crippen LogP) is 3.65. The van der Waals surface area contributed by atoms with Gasteiger partial charge in [0.15, 0.2) is 0 Å². The molecule has 0 spiro atoms. The topological polar surface area (TPSA) is 29.5 Å². The molecule has 0 radical (unpaired) electrons. The molecule has 0 fully saturated rings. The van der Waals surface area contributed by atoms with Gasteiger partial charge in [-0.05, 0) is 32.6 Å². The molecule has 0 atom stereocenters. The molecule has 0 amide bonds. The number of hydrogen-bond acceptors (Lipinski definition) is 3. The van der Waals surface area contributed by atoms with Crippen LogP contribution in [0.2, 0.25) is 0 Å². The van der Waals surface area contributed by atoms with Gasteiger partial charge in [-0.1, -0.05) is 31.2 Å². The lowest BCUT2D eigenvalue weighted by molar-refractivity contribution is -0.176. The van der Waals surface area contributed by atoms with Crippen molar-refractivity contribution in [3.05, 3.63) is 36.5 Å². The Morgan fingerprint density at radius 1 is 1.33 bits per heavy atom. The summed E-state index contributed by atoms with van der Waals surface area (Å²) in [6.45, 7) is 8.05. The van der Waals surface area contributed by atoms with Gasteiger partial charge in [0, 0.05) is 12.6 Å². The van der Waals surface area contributed by atoms with E-state index in [1.54, 1.807) is 19.0 Å². The summed E-state index contributed by atoms with van der Waals surface area (Å²) in [6.07, 6.45) is 11.9. The van der Waals surface area contributed by atoms with Crippen molar-refractivity contribution >= 4 is 5.97 Å². The van der Waals surface area contributed by atoms with Crippen LogP contribution in [0.25, 0.3) is 0 Å². The van der Waals surface area contributed by atoms with E-state index in [0.717, 1.165) is 25.7 Å². The molecule has 102 valence electrons. The second-order valence-electron chi connectivity index (χ2n) is 4.18. The Kier molecular flexibility index (Phi) is 9.97. The smallest absolute Gasteiger partial charge is 0.352 e. The minimum Gasteiger partial charge on any atom is -0.364 e. The van der Waals surface area contributed by atoms with Crippen molar-refractivity contribution in [2.24, 2.45) is 0 Å². The second kappa shape index (κ2) is 10.8. The third-order valence-corrected chi connectivity index (χ3v) is 2.38. The third kappa shape index (κ3) is 8.76. The highest BCUT2D eigenvalue weighted by Crippen LogP contribution is 2.01. The number of carbonyl (C=O) groups excluding carboxylic acids is 1. The zero-order valence-electron chi connectivity index (χ0n) is 11.8. The van der Waals surface area contributed by atoms with Crippen LogP contribution >= 0.6 is 0 Å². The van der Waals surface area contributed by atoms with Crippen LogP contribution in [0.3, 0.4) is 0 Å². The van der Waals surface area contributed by atoms with E-state index in [1.165, 1.54) is 0 Å². The molecule has 0 aliphatic carbocycles. The van der Waals surface area contributed by atoms with Gasteiger partial charge in [-0.3, -0.25) is 0 Å². The van der Waals surface area contributed by atoms with Crippen LogP contribution in [0.1, 0.15) is 39.5 Å². The minimum absolute atomic E-state index is 0.278. The number of hydroxylamine groups is 2. The molecule has 0 aromatic heterocycles. The molecule has 0 aromatic carbocycles. The van der Waals surface area contributed by atoms with Crippen LogP contribution in [-0.4, -0.2) is 24.6 Å². The quantitative estimate of drug-likeness (QED) is 0.271. The lowest BCUT2D eigenvalue weighted by Gasteiger charge is -2.14. The maximum atomic E-state index is 11.6. The highest BCUT2D eigenvalue weighted by Gasteiger charge is 2.07. The largest absolute Gasteiger partial charge is 0.364 e. The van der Waals surface area contributed by atoms with Crippen molar-refractivity contribution in [1.82, 2.24) is 5.06 Å². The highest BCUT2D eigenvalue weighted by molar-refractivity contribution is 5.87. The molecule has 0 saturated heterocycles. The predicted molar refractivity (Wildman–Crippen MR) is 76.0 cm³/mol. The lowest BCUT2D eigenvalue weighted by Crippen LogP contribution is -2.23. The number of likely N-dealkylation sites (N-methyl/N-ethyl adjacent to an activating group) is 1. The zero-order chi connectivity index (χ0) is 13.8. The molecule has 0 aliphatic heterocycles. The summed E-state index contributed by atoms with van der Waals surface area (Å²) in [7, 11) is 1.76. The number of allylic oxidation sites excluding steroid dienone is 3. The molecule has 0 aromatic rings. The molecular formula is C15H25NO2. The van der Waals surface area contributed by atoms with Crippen molar-refractivity contribution in [1.29, 1.82) is 0 Å². The average Bonchev–Trinajstić information content (AvgIpc) is 2.33. The standard InChI is InChI=1S/C15H25NO2/c1-5-7-8-9-10-11-13-16(4)18-15(17)14(3)12-6-2/h5,10-12H,1,6-9,13H2,2-4H3. The summed E-state index contributed by atoms with van der Waals surface area (Å²) in [5, 5.41) is 1.54. The number of nitrogens with zero attached hydrogens (tertiary/aromatic N) is 1. The van der Waals surface area contributed by atoms with Crippen LogP contribution in [0.4, 0.5) is 0 Å². The first-order chi connectivity index (χ1) is 8.61. The summed E-state index contributed by atoms with van der Waals surface area (Å²) in [5.41, 5.74) is 0.652. The van der Waals surface area contributed by atoms with Crippen LogP contribution in [0, 0.1) is 0 Å². The van der Waals surface area contributed by atoms with Crippen LogP contribution in [0.15, 0.2) is 36.5 Å². The Labute approximate surface area is 111 Å². The molecule has 0 bridgehead atoms. The fourth-order valence-electron chi connectivity index (χ4n) is 1.36. The van der Waals surface area contributed by atoms with Gasteiger partial charge in [-0.25, -0.2) is 4.79 Å². The van der Waals surface area contributed by atoms with E-state index in [-0.39, 0.29) is 5.97 Å². The molecule has 0 saturated carbocycles. The van der Waals surface area contributed by atoms with E-state index < -0.39 is 0 Å². The van der Waals surface area contributed by atoms with Gasteiger partial charge in [0.2, 0.25) is 0 Å². The summed E-state index contributed by atoms with van der Waals surface area (Å²) >= 11 is 0. The van der Waals surface area contributed by atoms with E-state index in [9.17, 15) is 4.79 Å². The summed E-state index contributed by atoms with van der Waals surface area (Å²) in [6, 6.07) is 0. The Hall–Kier alpha value is -1.35. The maximum Gasteiger partial charge on any atom is 0.352 e. The Balaban J connectivity index is 3.83. The zero-order valence-corrected chi connectivity index (χ0v) is 11.8. The molecule has 3 nitrogen and oxygen atoms in total. The van der Waals surface area contributed by atoms with Gasteiger partial charge < -0.3 is 4.84 Å². The van der Waals surface area contributed by atoms with E-state index >= 15 is 0 Å². The number of carbonyl (C=O) groups is 1. The van der Waals surface area contributed by atoms with Gasteiger partial charge in [-0.15, -0.1) is 11.6 Å². The fourth-order valence-corrected chi connectivity index (χ4v) is 1.36. The lowest BCUT2D eigenvalue weighted by atomic mass is 10.2. The van der Waals surface area contributed by atoms with Gasteiger partial charge in [0.1, 0.15) is 0 Å². The average molecular weight is 251 g/mol. The van der Waals surface area contributed by atoms with E-state index in [1.807, 2.05) is 25.2 Å². The number of rotatable bonds is 9. The Morgan fingerprint density at radius 2 is 2.06 bits per heavy atom. The Bertz CT molecular complexity index is 306. The first-order valence-corrected chi connectivity index (χ1v) is 6.47. The van der Waals surface area contributed by atoms with E-state index in [2.05, 4.69) is 12.7 Å². The SMILES string of the molecule is C=CCCCC=CCN(C)OC(=O)C(C)=CCC. The van der Waals surface area contributed by atoms with Gasteiger partial charge in [0.25, 0.3) is 0 Å². The minimum atomic E-state index is -0.278. The molecule has 0 aliphatic rings. The molecule has 3 heteroatoms. The molecule has 18 heavy (non-hydrogen) atoms. The molecule has 0 heterocycles. The second-order valence-corrected chi connectivity index (χ2v) is 4.18. The fraction of sp³-hybridized carbons (Fsp3) is 0.533. The van der Waals surface area contributed by atoms with Crippen molar-refractivity contribution in [3.8, 4) is 0 Å². The molecule has 0 unspecified atom stereocenters. The summed E-state index contributed by atoms with van der Waals surface area (Å²) < 4.78 is 0. The number of hydrogen-bond donors (Lipinski definition) is 0. The molecular weight excluding hydrogens is 226 g/mol. The first kappa shape index (κ1) is 16.6. The van der Waals surface area contributed by atoms with Gasteiger partial charge in [0.05, 0.1) is 6.54 Å². The first-order valence-electron chi connectivity index (χ1n) is 6.47. The van der Waals surface area contributed by atoms with Crippen LogP contribution in [-0.2, 0) is 9.63 Å². The van der Waals surface area contributed by atoms with Gasteiger partial charge >= 0.3 is 5.97 Å². The summed E-state index contributed by atoms with van der Waals surface area (Å²) in [5.74, 6) is -0.278. The van der Waals surface area contributed by atoms with E-state index in [0.29, 0.717) is 12.1 Å². The highest BCUT2D eigenvalue weighted by atomic mass is 16.7. The Morgan fingerprint density at radius 3 is 2.67 bits per heavy atom. The van der Waals surface area contributed by atoms with Crippen LogP contribution < -0.4 is 0 Å². The van der Waals surface area contributed by atoms with Crippen molar-refractivity contribution in [3.63, 3.8) is 0 Å². The molecule has 0 rings (SSSR count).